The molecule has 2 amide bonds. The molecule has 150 valence electrons. The second kappa shape index (κ2) is 8.70. The first-order chi connectivity index (χ1) is 14.5. The molecule has 0 bridgehead atoms. The van der Waals surface area contributed by atoms with Crippen molar-refractivity contribution in [2.75, 3.05) is 10.6 Å². The fourth-order valence-electron chi connectivity index (χ4n) is 3.52. The van der Waals surface area contributed by atoms with Crippen molar-refractivity contribution < 1.29 is 9.59 Å². The van der Waals surface area contributed by atoms with E-state index in [0.717, 1.165) is 21.7 Å². The number of thiophene rings is 1. The third kappa shape index (κ3) is 4.38. The zero-order valence-electron chi connectivity index (χ0n) is 15.9. The summed E-state index contributed by atoms with van der Waals surface area (Å²) in [5.41, 5.74) is 3.30. The molecule has 2 aromatic carbocycles. The van der Waals surface area contributed by atoms with Gasteiger partial charge in [0, 0.05) is 27.9 Å². The molecule has 1 aliphatic rings. The molecule has 7 heteroatoms. The lowest BCUT2D eigenvalue weighted by Gasteiger charge is -2.24. The Bertz CT molecular complexity index is 1170. The highest BCUT2D eigenvalue weighted by Crippen LogP contribution is 2.35. The van der Waals surface area contributed by atoms with Crippen molar-refractivity contribution in [1.29, 1.82) is 5.26 Å². The van der Waals surface area contributed by atoms with Gasteiger partial charge in [-0.05, 0) is 48.2 Å². The second-order valence-electron chi connectivity index (χ2n) is 7.11. The quantitative estimate of drug-likeness (QED) is 0.557. The molecule has 0 fully saturated rings. The molecular formula is C23H18ClN3O2S. The number of nitrogens with one attached hydrogen (secondary N) is 2. The minimum Gasteiger partial charge on any atom is -0.326 e. The smallest absolute Gasteiger partial charge is 0.227 e. The van der Waals surface area contributed by atoms with E-state index in [0.29, 0.717) is 28.4 Å². The Balaban J connectivity index is 1.41. The van der Waals surface area contributed by atoms with Crippen molar-refractivity contribution in [2.45, 2.75) is 19.3 Å². The molecule has 4 rings (SSSR count). The second-order valence-corrected chi connectivity index (χ2v) is 8.60. The van der Waals surface area contributed by atoms with Gasteiger partial charge in [0.1, 0.15) is 10.9 Å². The van der Waals surface area contributed by atoms with Crippen molar-refractivity contribution in [1.82, 2.24) is 0 Å². The van der Waals surface area contributed by atoms with Gasteiger partial charge in [-0.15, -0.1) is 11.3 Å². The maximum absolute atomic E-state index is 12.5. The molecule has 5 nitrogen and oxygen atoms in total. The third-order valence-corrected chi connectivity index (χ3v) is 6.37. The average Bonchev–Trinajstić information content (AvgIpc) is 3.15. The van der Waals surface area contributed by atoms with Crippen LogP contribution < -0.4 is 10.6 Å². The van der Waals surface area contributed by atoms with Crippen molar-refractivity contribution in [2.24, 2.45) is 5.92 Å². The van der Waals surface area contributed by atoms with Gasteiger partial charge in [0.05, 0.1) is 5.69 Å². The lowest BCUT2D eigenvalue weighted by Crippen LogP contribution is -2.30. The number of rotatable bonds is 5. The van der Waals surface area contributed by atoms with Crippen LogP contribution >= 0.6 is 22.9 Å². The van der Waals surface area contributed by atoms with E-state index in [2.05, 4.69) is 16.7 Å². The summed E-state index contributed by atoms with van der Waals surface area (Å²) in [6.45, 7) is 0. The molecule has 0 spiro atoms. The molecule has 0 saturated heterocycles. The predicted molar refractivity (Wildman–Crippen MR) is 120 cm³/mol. The van der Waals surface area contributed by atoms with E-state index in [4.69, 9.17) is 11.6 Å². The highest BCUT2D eigenvalue weighted by atomic mass is 35.5. The SMILES string of the molecule is N#Cc1sc(-c2cccc(Cl)c2)cc1NC(=O)CC[C@H]1Cc2ccccc2NC1=O. The zero-order valence-corrected chi connectivity index (χ0v) is 17.5. The number of hydrogen-bond donors (Lipinski definition) is 2. The Hall–Kier alpha value is -3.14. The fourth-order valence-corrected chi connectivity index (χ4v) is 4.61. The Morgan fingerprint density at radius 3 is 2.87 bits per heavy atom. The van der Waals surface area contributed by atoms with Crippen molar-refractivity contribution >= 4 is 46.1 Å². The number of nitriles is 1. The number of carbonyl (C=O) groups excluding carboxylic acids is 2. The van der Waals surface area contributed by atoms with Crippen LogP contribution in [-0.4, -0.2) is 11.8 Å². The van der Waals surface area contributed by atoms with E-state index < -0.39 is 0 Å². The molecule has 0 saturated carbocycles. The van der Waals surface area contributed by atoms with Gasteiger partial charge in [0.2, 0.25) is 11.8 Å². The summed E-state index contributed by atoms with van der Waals surface area (Å²) in [5.74, 6) is -0.517. The van der Waals surface area contributed by atoms with Gasteiger partial charge in [0.15, 0.2) is 0 Å². The van der Waals surface area contributed by atoms with E-state index >= 15 is 0 Å². The van der Waals surface area contributed by atoms with Crippen molar-refractivity contribution in [3.63, 3.8) is 0 Å². The summed E-state index contributed by atoms with van der Waals surface area (Å²) in [6, 6.07) is 19.0. The number of fused-ring (bicyclic) bond motifs is 1. The first kappa shape index (κ1) is 20.1. The van der Waals surface area contributed by atoms with Crippen LogP contribution in [0.2, 0.25) is 5.02 Å². The summed E-state index contributed by atoms with van der Waals surface area (Å²) in [7, 11) is 0. The standard InChI is InChI=1S/C23H18ClN3O2S/c24-17-6-3-5-15(11-17)20-12-19(21(13-25)30-20)26-22(28)9-8-16-10-14-4-1-2-7-18(14)27-23(16)29/h1-7,11-12,16H,8-10H2,(H,26,28)(H,27,29)/t16-/m0/s1. The van der Waals surface area contributed by atoms with Crippen molar-refractivity contribution in [3.8, 4) is 16.5 Å². The molecule has 1 atom stereocenters. The van der Waals surface area contributed by atoms with E-state index in [-0.39, 0.29) is 24.2 Å². The van der Waals surface area contributed by atoms with Crippen molar-refractivity contribution in [3.05, 3.63) is 70.1 Å². The molecule has 1 aliphatic heterocycles. The molecule has 0 radical (unpaired) electrons. The Kier molecular flexibility index (Phi) is 5.84. The van der Waals surface area contributed by atoms with Crippen LogP contribution in [0.3, 0.4) is 0 Å². The third-order valence-electron chi connectivity index (χ3n) is 5.05. The summed E-state index contributed by atoms with van der Waals surface area (Å²) < 4.78 is 0. The summed E-state index contributed by atoms with van der Waals surface area (Å²) >= 11 is 7.36. The highest BCUT2D eigenvalue weighted by Gasteiger charge is 2.26. The van der Waals surface area contributed by atoms with Crippen LogP contribution in [0.15, 0.2) is 54.6 Å². The van der Waals surface area contributed by atoms with Crippen LogP contribution in [0.1, 0.15) is 23.3 Å². The zero-order chi connectivity index (χ0) is 21.1. The Morgan fingerprint density at radius 1 is 1.23 bits per heavy atom. The number of amides is 2. The maximum atomic E-state index is 12.5. The van der Waals surface area contributed by atoms with Crippen LogP contribution in [0.5, 0.6) is 0 Å². The van der Waals surface area contributed by atoms with Gasteiger partial charge in [-0.25, -0.2) is 0 Å². The summed E-state index contributed by atoms with van der Waals surface area (Å²) in [4.78, 5) is 26.1. The lowest BCUT2D eigenvalue weighted by molar-refractivity contribution is -0.121. The first-order valence-electron chi connectivity index (χ1n) is 9.52. The van der Waals surface area contributed by atoms with Crippen LogP contribution in [-0.2, 0) is 16.0 Å². The van der Waals surface area contributed by atoms with Gasteiger partial charge in [-0.3, -0.25) is 9.59 Å². The molecule has 2 heterocycles. The number of halogens is 1. The number of carbonyl (C=O) groups is 2. The van der Waals surface area contributed by atoms with E-state index in [1.165, 1.54) is 11.3 Å². The van der Waals surface area contributed by atoms with Gasteiger partial charge >= 0.3 is 0 Å². The normalized spacial score (nSPS) is 15.1. The van der Waals surface area contributed by atoms with Gasteiger partial charge in [0.25, 0.3) is 0 Å². The molecular weight excluding hydrogens is 418 g/mol. The monoisotopic (exact) mass is 435 g/mol. The Labute approximate surface area is 183 Å². The molecule has 3 aromatic rings. The minimum atomic E-state index is -0.245. The van der Waals surface area contributed by atoms with E-state index in [9.17, 15) is 14.9 Å². The largest absolute Gasteiger partial charge is 0.326 e. The topological polar surface area (TPSA) is 82.0 Å². The van der Waals surface area contributed by atoms with Crippen LogP contribution in [0.25, 0.3) is 10.4 Å². The highest BCUT2D eigenvalue weighted by molar-refractivity contribution is 7.16. The average molecular weight is 436 g/mol. The molecule has 30 heavy (non-hydrogen) atoms. The number of nitrogens with zero attached hydrogens (tertiary/aromatic N) is 1. The van der Waals surface area contributed by atoms with Gasteiger partial charge in [-0.2, -0.15) is 5.26 Å². The van der Waals surface area contributed by atoms with Crippen LogP contribution in [0, 0.1) is 17.2 Å². The number of anilines is 2. The molecule has 0 aliphatic carbocycles. The Morgan fingerprint density at radius 2 is 2.07 bits per heavy atom. The van der Waals surface area contributed by atoms with Gasteiger partial charge < -0.3 is 10.6 Å². The molecule has 0 unspecified atom stereocenters. The van der Waals surface area contributed by atoms with Gasteiger partial charge in [-0.1, -0.05) is 41.9 Å². The molecule has 2 N–H and O–H groups in total. The first-order valence-corrected chi connectivity index (χ1v) is 10.7. The molecule has 1 aromatic heterocycles. The summed E-state index contributed by atoms with van der Waals surface area (Å²) in [5, 5.41) is 15.8. The van der Waals surface area contributed by atoms with E-state index in [1.807, 2.05) is 42.5 Å². The van der Waals surface area contributed by atoms with Crippen LogP contribution in [0.4, 0.5) is 11.4 Å². The fraction of sp³-hybridized carbons (Fsp3) is 0.174. The predicted octanol–water partition coefficient (Wildman–Crippen LogP) is 5.47. The lowest BCUT2D eigenvalue weighted by atomic mass is 9.89. The summed E-state index contributed by atoms with van der Waals surface area (Å²) in [6.07, 6.45) is 1.27. The van der Waals surface area contributed by atoms with E-state index in [1.54, 1.807) is 12.1 Å². The minimum absolute atomic E-state index is 0.0574. The number of hydrogen-bond acceptors (Lipinski definition) is 4. The maximum Gasteiger partial charge on any atom is 0.227 e. The number of benzene rings is 2. The number of para-hydroxylation sites is 1.